The predicted octanol–water partition coefficient (Wildman–Crippen LogP) is 3.67. The van der Waals surface area contributed by atoms with E-state index in [1.807, 2.05) is 6.92 Å². The summed E-state index contributed by atoms with van der Waals surface area (Å²) in [7, 11) is 0. The van der Waals surface area contributed by atoms with Crippen molar-refractivity contribution in [3.05, 3.63) is 62.6 Å². The average molecular weight is 447 g/mol. The fourth-order valence-corrected chi connectivity index (χ4v) is 2.85. The fraction of sp³-hybridized carbons (Fsp3) is 0.118. The van der Waals surface area contributed by atoms with E-state index in [1.54, 1.807) is 18.2 Å². The summed E-state index contributed by atoms with van der Waals surface area (Å²) < 4.78 is 5.40. The van der Waals surface area contributed by atoms with E-state index in [4.69, 9.17) is 51.8 Å². The van der Waals surface area contributed by atoms with E-state index in [-0.39, 0.29) is 22.3 Å². The van der Waals surface area contributed by atoms with Gasteiger partial charge >= 0.3 is 0 Å². The molecule has 0 saturated carbocycles. The van der Waals surface area contributed by atoms with Gasteiger partial charge in [0, 0.05) is 10.0 Å². The molecule has 0 fully saturated rings. The highest BCUT2D eigenvalue weighted by Gasteiger charge is 2.12. The Labute approximate surface area is 176 Å². The number of halogens is 3. The Morgan fingerprint density at radius 2 is 1.70 bits per heavy atom. The zero-order chi connectivity index (χ0) is 20.0. The number of hydrazine groups is 1. The molecule has 142 valence electrons. The standard InChI is InChI=1S/C17H14Cl3N3O3S/c1-9-6-10(18)3-5-14(9)26-8-15(24)21-17(27)23-22-16(25)12-4-2-11(19)7-13(12)20/h2-7H,8H2,1H3,(H,22,25)(H2,21,23,24,27). The van der Waals surface area contributed by atoms with Crippen LogP contribution in [0.4, 0.5) is 0 Å². The van der Waals surface area contributed by atoms with Crippen LogP contribution in [0.1, 0.15) is 15.9 Å². The minimum Gasteiger partial charge on any atom is -0.483 e. The number of ether oxygens (including phenoxy) is 1. The van der Waals surface area contributed by atoms with E-state index in [1.165, 1.54) is 18.2 Å². The summed E-state index contributed by atoms with van der Waals surface area (Å²) in [5.74, 6) is -0.513. The number of hydrogen-bond donors (Lipinski definition) is 3. The van der Waals surface area contributed by atoms with Gasteiger partial charge in [-0.15, -0.1) is 0 Å². The molecule has 0 atom stereocenters. The summed E-state index contributed by atoms with van der Waals surface area (Å²) in [6.07, 6.45) is 0. The van der Waals surface area contributed by atoms with Crippen LogP contribution in [0.2, 0.25) is 15.1 Å². The Morgan fingerprint density at radius 3 is 2.37 bits per heavy atom. The molecule has 3 N–H and O–H groups in total. The van der Waals surface area contributed by atoms with E-state index in [0.717, 1.165) is 5.56 Å². The normalized spacial score (nSPS) is 10.1. The summed E-state index contributed by atoms with van der Waals surface area (Å²) >= 11 is 22.5. The van der Waals surface area contributed by atoms with Crippen LogP contribution in [-0.2, 0) is 4.79 Å². The van der Waals surface area contributed by atoms with E-state index in [9.17, 15) is 9.59 Å². The Morgan fingerprint density at radius 1 is 1.04 bits per heavy atom. The van der Waals surface area contributed by atoms with Gasteiger partial charge in [0.2, 0.25) is 0 Å². The highest BCUT2D eigenvalue weighted by atomic mass is 35.5. The third-order valence-corrected chi connectivity index (χ3v) is 4.20. The minimum atomic E-state index is -0.540. The van der Waals surface area contributed by atoms with E-state index < -0.39 is 11.8 Å². The van der Waals surface area contributed by atoms with Gasteiger partial charge < -0.3 is 4.74 Å². The Kier molecular flexibility index (Phi) is 7.67. The lowest BCUT2D eigenvalue weighted by Crippen LogP contribution is -2.49. The third-order valence-electron chi connectivity index (χ3n) is 3.21. The maximum Gasteiger partial charge on any atom is 0.271 e. The SMILES string of the molecule is Cc1cc(Cl)ccc1OCC(=O)NC(=S)NNC(=O)c1ccc(Cl)cc1Cl. The monoisotopic (exact) mass is 445 g/mol. The molecule has 2 aromatic rings. The quantitative estimate of drug-likeness (QED) is 0.493. The van der Waals surface area contributed by atoms with Crippen LogP contribution in [0.3, 0.4) is 0 Å². The topological polar surface area (TPSA) is 79.5 Å². The molecule has 0 radical (unpaired) electrons. The molecule has 0 heterocycles. The van der Waals surface area contributed by atoms with E-state index in [2.05, 4.69) is 16.2 Å². The van der Waals surface area contributed by atoms with Gasteiger partial charge in [0.25, 0.3) is 11.8 Å². The molecule has 27 heavy (non-hydrogen) atoms. The summed E-state index contributed by atoms with van der Waals surface area (Å²) in [6.45, 7) is 1.55. The molecule has 0 saturated heterocycles. The lowest BCUT2D eigenvalue weighted by atomic mass is 10.2. The molecule has 2 aromatic carbocycles. The number of thiocarbonyl (C=S) groups is 1. The van der Waals surface area contributed by atoms with Crippen molar-refractivity contribution in [2.75, 3.05) is 6.61 Å². The van der Waals surface area contributed by atoms with Crippen LogP contribution >= 0.6 is 47.0 Å². The van der Waals surface area contributed by atoms with Crippen LogP contribution in [0, 0.1) is 6.92 Å². The third kappa shape index (κ3) is 6.55. The van der Waals surface area contributed by atoms with Crippen molar-refractivity contribution in [2.24, 2.45) is 0 Å². The second-order valence-electron chi connectivity index (χ2n) is 5.28. The van der Waals surface area contributed by atoms with Crippen molar-refractivity contribution < 1.29 is 14.3 Å². The fourth-order valence-electron chi connectivity index (χ4n) is 1.97. The Balaban J connectivity index is 1.79. The molecule has 0 aromatic heterocycles. The highest BCUT2D eigenvalue weighted by molar-refractivity contribution is 7.80. The largest absolute Gasteiger partial charge is 0.483 e. The van der Waals surface area contributed by atoms with E-state index >= 15 is 0 Å². The van der Waals surface area contributed by atoms with Gasteiger partial charge in [-0.05, 0) is 61.1 Å². The van der Waals surface area contributed by atoms with Crippen molar-refractivity contribution in [3.8, 4) is 5.75 Å². The average Bonchev–Trinajstić information content (AvgIpc) is 2.59. The maximum atomic E-state index is 12.0. The first-order chi connectivity index (χ1) is 12.8. The molecular formula is C17H14Cl3N3O3S. The molecule has 2 amide bonds. The van der Waals surface area contributed by atoms with Crippen LogP contribution < -0.4 is 20.9 Å². The van der Waals surface area contributed by atoms with Crippen molar-refractivity contribution in [1.82, 2.24) is 16.2 Å². The second kappa shape index (κ2) is 9.75. The van der Waals surface area contributed by atoms with Gasteiger partial charge in [-0.25, -0.2) is 0 Å². The Hall–Kier alpha value is -2.06. The van der Waals surface area contributed by atoms with E-state index in [0.29, 0.717) is 15.8 Å². The van der Waals surface area contributed by atoms with Gasteiger partial charge in [-0.3, -0.25) is 25.8 Å². The molecule has 0 spiro atoms. The highest BCUT2D eigenvalue weighted by Crippen LogP contribution is 2.22. The summed E-state index contributed by atoms with van der Waals surface area (Å²) in [4.78, 5) is 23.9. The molecule has 6 nitrogen and oxygen atoms in total. The number of hydrogen-bond acceptors (Lipinski definition) is 4. The number of benzene rings is 2. The summed E-state index contributed by atoms with van der Waals surface area (Å²) in [6, 6.07) is 9.47. The maximum absolute atomic E-state index is 12.0. The number of aryl methyl sites for hydroxylation is 1. The molecule has 0 unspecified atom stereocenters. The van der Waals surface area contributed by atoms with Gasteiger partial charge in [0.05, 0.1) is 10.6 Å². The van der Waals surface area contributed by atoms with Crippen LogP contribution in [0.25, 0.3) is 0 Å². The summed E-state index contributed by atoms with van der Waals surface area (Å²) in [5, 5.41) is 3.44. The Bertz CT molecular complexity index is 893. The molecule has 0 aliphatic heterocycles. The number of nitrogens with one attached hydrogen (secondary N) is 3. The number of amides is 2. The lowest BCUT2D eigenvalue weighted by Gasteiger charge is -2.12. The number of carbonyl (C=O) groups is 2. The molecule has 0 bridgehead atoms. The van der Waals surface area contributed by atoms with Crippen LogP contribution in [0.5, 0.6) is 5.75 Å². The van der Waals surface area contributed by atoms with Crippen LogP contribution in [-0.4, -0.2) is 23.5 Å². The van der Waals surface area contributed by atoms with Gasteiger partial charge in [-0.2, -0.15) is 0 Å². The zero-order valence-electron chi connectivity index (χ0n) is 13.9. The van der Waals surface area contributed by atoms with Crippen molar-refractivity contribution in [3.63, 3.8) is 0 Å². The molecular weight excluding hydrogens is 433 g/mol. The van der Waals surface area contributed by atoms with Crippen molar-refractivity contribution >= 4 is 63.9 Å². The first-order valence-corrected chi connectivity index (χ1v) is 9.04. The number of rotatable bonds is 4. The first kappa shape index (κ1) is 21.2. The van der Waals surface area contributed by atoms with Crippen molar-refractivity contribution in [1.29, 1.82) is 0 Å². The number of carbonyl (C=O) groups excluding carboxylic acids is 2. The second-order valence-corrected chi connectivity index (χ2v) is 6.97. The first-order valence-electron chi connectivity index (χ1n) is 7.50. The summed E-state index contributed by atoms with van der Waals surface area (Å²) in [5.41, 5.74) is 5.72. The molecule has 10 heteroatoms. The van der Waals surface area contributed by atoms with Gasteiger partial charge in [-0.1, -0.05) is 34.8 Å². The molecule has 0 aliphatic rings. The van der Waals surface area contributed by atoms with Crippen molar-refractivity contribution in [2.45, 2.75) is 6.92 Å². The van der Waals surface area contributed by atoms with Gasteiger partial charge in [0.15, 0.2) is 11.7 Å². The van der Waals surface area contributed by atoms with Gasteiger partial charge in [0.1, 0.15) is 5.75 Å². The molecule has 2 rings (SSSR count). The molecule has 0 aliphatic carbocycles. The van der Waals surface area contributed by atoms with Crippen LogP contribution in [0.15, 0.2) is 36.4 Å². The minimum absolute atomic E-state index is 0.102. The lowest BCUT2D eigenvalue weighted by molar-refractivity contribution is -0.121. The predicted molar refractivity (Wildman–Crippen MR) is 109 cm³/mol. The zero-order valence-corrected chi connectivity index (χ0v) is 17.0. The smallest absolute Gasteiger partial charge is 0.271 e.